The molecule has 0 aromatic heterocycles. The number of amides is 2. The van der Waals surface area contributed by atoms with E-state index < -0.39 is 34.3 Å². The van der Waals surface area contributed by atoms with Gasteiger partial charge >= 0.3 is 0 Å². The van der Waals surface area contributed by atoms with Crippen LogP contribution in [-0.2, 0) is 26.2 Å². The molecule has 0 aliphatic carbocycles. The first-order valence-corrected chi connectivity index (χ1v) is 13.1. The lowest BCUT2D eigenvalue weighted by Crippen LogP contribution is -2.51. The van der Waals surface area contributed by atoms with Crippen molar-refractivity contribution in [1.82, 2.24) is 10.2 Å². The molecule has 11 heteroatoms. The summed E-state index contributed by atoms with van der Waals surface area (Å²) in [7, 11) is -3.94. The number of anilines is 1. The first-order valence-electron chi connectivity index (χ1n) is 10.5. The van der Waals surface area contributed by atoms with Crippen LogP contribution in [-0.4, -0.2) is 50.5 Å². The van der Waals surface area contributed by atoms with E-state index in [1.807, 2.05) is 13.8 Å². The van der Waals surface area contributed by atoms with E-state index in [4.69, 9.17) is 23.2 Å². The minimum absolute atomic E-state index is 0.0252. The Labute approximate surface area is 209 Å². The van der Waals surface area contributed by atoms with E-state index in [9.17, 15) is 22.4 Å². The lowest BCUT2D eigenvalue weighted by atomic mass is 10.1. The van der Waals surface area contributed by atoms with Crippen LogP contribution < -0.4 is 9.62 Å². The molecule has 2 aromatic rings. The fraction of sp³-hybridized carbons (Fsp3) is 0.391. The Morgan fingerprint density at radius 3 is 2.32 bits per heavy atom. The zero-order valence-electron chi connectivity index (χ0n) is 19.4. The molecule has 2 rings (SSSR count). The molecule has 0 heterocycles. The summed E-state index contributed by atoms with van der Waals surface area (Å²) in [4.78, 5) is 27.4. The van der Waals surface area contributed by atoms with Crippen molar-refractivity contribution in [3.8, 4) is 0 Å². The Morgan fingerprint density at radius 1 is 1.09 bits per heavy atom. The zero-order valence-corrected chi connectivity index (χ0v) is 21.7. The van der Waals surface area contributed by atoms with Crippen LogP contribution in [0.1, 0.15) is 26.3 Å². The first kappa shape index (κ1) is 27.9. The summed E-state index contributed by atoms with van der Waals surface area (Å²) >= 11 is 11.9. The van der Waals surface area contributed by atoms with E-state index in [1.54, 1.807) is 31.2 Å². The van der Waals surface area contributed by atoms with Gasteiger partial charge in [-0.05, 0) is 48.7 Å². The van der Waals surface area contributed by atoms with E-state index in [2.05, 4.69) is 5.32 Å². The predicted octanol–water partition coefficient (Wildman–Crippen LogP) is 4.09. The van der Waals surface area contributed by atoms with E-state index in [0.717, 1.165) is 22.7 Å². The number of halogens is 3. The molecule has 2 aromatic carbocycles. The second-order valence-corrected chi connectivity index (χ2v) is 11.1. The largest absolute Gasteiger partial charge is 0.354 e. The smallest absolute Gasteiger partial charge is 0.244 e. The van der Waals surface area contributed by atoms with Gasteiger partial charge in [0, 0.05) is 18.1 Å². The van der Waals surface area contributed by atoms with E-state index in [1.165, 1.54) is 11.0 Å². The van der Waals surface area contributed by atoms with Crippen molar-refractivity contribution in [2.45, 2.75) is 33.4 Å². The summed E-state index contributed by atoms with van der Waals surface area (Å²) in [6.07, 6.45) is 0.928. The van der Waals surface area contributed by atoms with Crippen LogP contribution in [0.4, 0.5) is 10.1 Å². The number of rotatable bonds is 10. The maximum absolute atomic E-state index is 13.6. The molecule has 0 fully saturated rings. The number of benzene rings is 2. The van der Waals surface area contributed by atoms with Gasteiger partial charge in [0.15, 0.2) is 0 Å². The maximum atomic E-state index is 13.6. The van der Waals surface area contributed by atoms with Crippen LogP contribution in [0.3, 0.4) is 0 Å². The lowest BCUT2D eigenvalue weighted by molar-refractivity contribution is -0.139. The molecule has 1 atom stereocenters. The lowest BCUT2D eigenvalue weighted by Gasteiger charge is -2.31. The number of nitrogens with one attached hydrogen (secondary N) is 1. The van der Waals surface area contributed by atoms with E-state index in [-0.39, 0.29) is 29.1 Å². The molecular formula is C23H28Cl2FN3O4S. The molecule has 0 bridgehead atoms. The minimum atomic E-state index is -3.94. The SMILES string of the molecule is CC(C)CNC(=O)[C@@H](C)N(Cc1cccc(Cl)c1)C(=O)CN(c1ccc(F)c(Cl)c1)S(C)(=O)=O. The van der Waals surface area contributed by atoms with Crippen LogP contribution >= 0.6 is 23.2 Å². The minimum Gasteiger partial charge on any atom is -0.354 e. The third kappa shape index (κ3) is 7.85. The standard InChI is InChI=1S/C23H28Cl2FN3O4S/c1-15(2)12-27-23(31)16(3)28(13-17-6-5-7-18(24)10-17)22(30)14-29(34(4,32)33)19-8-9-21(26)20(25)11-19/h5-11,15-16H,12-14H2,1-4H3,(H,27,31)/t16-/m1/s1. The van der Waals surface area contributed by atoms with Crippen molar-refractivity contribution in [2.75, 3.05) is 23.7 Å². The van der Waals surface area contributed by atoms with E-state index >= 15 is 0 Å². The van der Waals surface area contributed by atoms with Gasteiger partial charge in [0.25, 0.3) is 0 Å². The number of nitrogens with zero attached hydrogens (tertiary/aromatic N) is 2. The second-order valence-electron chi connectivity index (χ2n) is 8.33. The highest BCUT2D eigenvalue weighted by Gasteiger charge is 2.30. The van der Waals surface area contributed by atoms with Gasteiger partial charge in [-0.2, -0.15) is 0 Å². The van der Waals surface area contributed by atoms with Crippen LogP contribution in [0.15, 0.2) is 42.5 Å². The summed E-state index contributed by atoms with van der Waals surface area (Å²) < 4.78 is 39.4. The van der Waals surface area contributed by atoms with Gasteiger partial charge in [-0.15, -0.1) is 0 Å². The van der Waals surface area contributed by atoms with Gasteiger partial charge in [-0.1, -0.05) is 49.2 Å². The Morgan fingerprint density at radius 2 is 1.76 bits per heavy atom. The third-order valence-electron chi connectivity index (χ3n) is 4.96. The van der Waals surface area contributed by atoms with Gasteiger partial charge in [0.2, 0.25) is 21.8 Å². The summed E-state index contributed by atoms with van der Waals surface area (Å²) in [5.41, 5.74) is 0.696. The molecule has 0 radical (unpaired) electrons. The molecule has 0 aliphatic heterocycles. The number of carbonyl (C=O) groups excluding carboxylic acids is 2. The molecule has 7 nitrogen and oxygen atoms in total. The van der Waals surface area contributed by atoms with Crippen molar-refractivity contribution >= 4 is 50.7 Å². The predicted molar refractivity (Wildman–Crippen MR) is 133 cm³/mol. The summed E-state index contributed by atoms with van der Waals surface area (Å²) in [5, 5.41) is 2.97. The molecule has 186 valence electrons. The van der Waals surface area contributed by atoms with Gasteiger partial charge in [0.1, 0.15) is 18.4 Å². The van der Waals surface area contributed by atoms with Gasteiger partial charge < -0.3 is 10.2 Å². The molecule has 0 saturated carbocycles. The maximum Gasteiger partial charge on any atom is 0.244 e. The van der Waals surface area contributed by atoms with Crippen molar-refractivity contribution in [1.29, 1.82) is 0 Å². The third-order valence-corrected chi connectivity index (χ3v) is 6.63. The Bertz CT molecular complexity index is 1140. The molecule has 34 heavy (non-hydrogen) atoms. The van der Waals surface area contributed by atoms with Gasteiger partial charge in [-0.25, -0.2) is 12.8 Å². The average Bonchev–Trinajstić information content (AvgIpc) is 2.74. The zero-order chi connectivity index (χ0) is 25.6. The normalized spacial score (nSPS) is 12.4. The molecule has 1 N–H and O–H groups in total. The first-order chi connectivity index (χ1) is 15.8. The van der Waals surface area contributed by atoms with E-state index in [0.29, 0.717) is 17.1 Å². The topological polar surface area (TPSA) is 86.8 Å². The van der Waals surface area contributed by atoms with Crippen molar-refractivity contribution in [2.24, 2.45) is 5.92 Å². The van der Waals surface area contributed by atoms with Crippen molar-refractivity contribution in [3.05, 3.63) is 63.9 Å². The number of sulfonamides is 1. The Kier molecular flexibility index (Phi) is 9.73. The Balaban J connectivity index is 2.39. The molecule has 0 unspecified atom stereocenters. The molecular weight excluding hydrogens is 504 g/mol. The number of hydrogen-bond acceptors (Lipinski definition) is 4. The number of hydrogen-bond donors (Lipinski definition) is 1. The van der Waals surface area contributed by atoms with Crippen LogP contribution in [0.25, 0.3) is 0 Å². The Hall–Kier alpha value is -2.36. The number of carbonyl (C=O) groups is 2. The highest BCUT2D eigenvalue weighted by atomic mass is 35.5. The summed E-state index contributed by atoms with van der Waals surface area (Å²) in [6.45, 7) is 5.29. The molecule has 0 spiro atoms. The van der Waals surface area contributed by atoms with Crippen molar-refractivity contribution in [3.63, 3.8) is 0 Å². The second kappa shape index (κ2) is 11.9. The fourth-order valence-electron chi connectivity index (χ4n) is 3.12. The highest BCUT2D eigenvalue weighted by Crippen LogP contribution is 2.25. The van der Waals surface area contributed by atoms with Gasteiger partial charge in [0.05, 0.1) is 17.0 Å². The fourth-order valence-corrected chi connectivity index (χ4v) is 4.35. The molecule has 0 aliphatic rings. The summed E-state index contributed by atoms with van der Waals surface area (Å²) in [5.74, 6) is -1.52. The summed E-state index contributed by atoms with van der Waals surface area (Å²) in [6, 6.07) is 9.27. The van der Waals surface area contributed by atoms with Crippen LogP contribution in [0, 0.1) is 11.7 Å². The van der Waals surface area contributed by atoms with Crippen LogP contribution in [0.5, 0.6) is 0 Å². The monoisotopic (exact) mass is 531 g/mol. The van der Waals surface area contributed by atoms with Gasteiger partial charge in [-0.3, -0.25) is 13.9 Å². The highest BCUT2D eigenvalue weighted by molar-refractivity contribution is 7.92. The van der Waals surface area contributed by atoms with Crippen LogP contribution in [0.2, 0.25) is 10.0 Å². The molecule has 2 amide bonds. The van der Waals surface area contributed by atoms with Crippen molar-refractivity contribution < 1.29 is 22.4 Å². The molecule has 0 saturated heterocycles. The average molecular weight is 532 g/mol. The quantitative estimate of drug-likeness (QED) is 0.500.